The predicted molar refractivity (Wildman–Crippen MR) is 72.9 cm³/mol. The van der Waals surface area contributed by atoms with Crippen LogP contribution in [0.3, 0.4) is 0 Å². The van der Waals surface area contributed by atoms with Crippen LogP contribution >= 0.6 is 0 Å². The third-order valence-corrected chi connectivity index (χ3v) is 3.68. The van der Waals surface area contributed by atoms with Crippen LogP contribution in [0.25, 0.3) is 0 Å². The highest BCUT2D eigenvalue weighted by molar-refractivity contribution is 5.51. The highest BCUT2D eigenvalue weighted by Gasteiger charge is 2.35. The zero-order valence-corrected chi connectivity index (χ0v) is 10.5. The van der Waals surface area contributed by atoms with Gasteiger partial charge in [0.05, 0.1) is 0 Å². The molecule has 2 nitrogen and oxygen atoms in total. The highest BCUT2D eigenvalue weighted by Crippen LogP contribution is 2.49. The van der Waals surface area contributed by atoms with Crippen LogP contribution in [0.15, 0.2) is 60.7 Å². The average Bonchev–Trinajstić information content (AvgIpc) is 3.08. The van der Waals surface area contributed by atoms with Gasteiger partial charge in [0.15, 0.2) is 0 Å². The summed E-state index contributed by atoms with van der Waals surface area (Å²) in [4.78, 5) is 0. The van der Waals surface area contributed by atoms with Crippen LogP contribution in [0.4, 0.5) is 0 Å². The fourth-order valence-electron chi connectivity index (χ4n) is 2.77. The largest absolute Gasteiger partial charge is 0.488 e. The first-order chi connectivity index (χ1) is 9.42. The lowest BCUT2D eigenvalue weighted by Crippen LogP contribution is -2.01. The predicted octanol–water partition coefficient (Wildman–Crippen LogP) is 3.95. The maximum atomic E-state index is 5.97. The summed E-state index contributed by atoms with van der Waals surface area (Å²) in [6, 6.07) is 16.4. The molecule has 0 fully saturated rings. The first-order valence-corrected chi connectivity index (χ1v) is 6.55. The number of ether oxygens (including phenoxy) is 2. The molecule has 0 saturated carbocycles. The quantitative estimate of drug-likeness (QED) is 0.768. The van der Waals surface area contributed by atoms with E-state index in [-0.39, 0.29) is 12.2 Å². The van der Waals surface area contributed by atoms with Gasteiger partial charge in [-0.05, 0) is 17.2 Å². The molecule has 2 heteroatoms. The van der Waals surface area contributed by atoms with Gasteiger partial charge in [0.25, 0.3) is 0 Å². The summed E-state index contributed by atoms with van der Waals surface area (Å²) in [6.45, 7) is 0.596. The molecule has 19 heavy (non-hydrogen) atoms. The Morgan fingerprint density at radius 2 is 1.74 bits per heavy atom. The van der Waals surface area contributed by atoms with Gasteiger partial charge in [0.1, 0.15) is 24.6 Å². The van der Waals surface area contributed by atoms with Gasteiger partial charge in [-0.25, -0.2) is 0 Å². The van der Waals surface area contributed by atoms with Crippen LogP contribution in [0.1, 0.15) is 28.9 Å². The zero-order valence-electron chi connectivity index (χ0n) is 10.5. The van der Waals surface area contributed by atoms with Gasteiger partial charge in [-0.2, -0.15) is 0 Å². The number of benzene rings is 2. The summed E-state index contributed by atoms with van der Waals surface area (Å²) in [7, 11) is 0. The monoisotopic (exact) mass is 250 g/mol. The van der Waals surface area contributed by atoms with Crippen molar-refractivity contribution in [3.05, 3.63) is 77.4 Å². The Hall–Kier alpha value is -2.06. The molecule has 2 aliphatic heterocycles. The molecule has 2 unspecified atom stereocenters. The number of hydrogen-bond donors (Lipinski definition) is 0. The summed E-state index contributed by atoms with van der Waals surface area (Å²) in [5, 5.41) is 0. The molecule has 2 aromatic rings. The normalized spacial score (nSPS) is 22.5. The molecule has 0 radical (unpaired) electrons. The number of rotatable bonds is 3. The van der Waals surface area contributed by atoms with E-state index >= 15 is 0 Å². The molecule has 94 valence electrons. The van der Waals surface area contributed by atoms with Gasteiger partial charge in [-0.15, -0.1) is 0 Å². The summed E-state index contributed by atoms with van der Waals surface area (Å²) in [5.74, 6) is 0.943. The van der Waals surface area contributed by atoms with Crippen LogP contribution in [0.5, 0.6) is 5.75 Å². The van der Waals surface area contributed by atoms with Gasteiger partial charge in [-0.3, -0.25) is 0 Å². The molecule has 0 aromatic heterocycles. The van der Waals surface area contributed by atoms with Crippen LogP contribution in [0.2, 0.25) is 0 Å². The maximum Gasteiger partial charge on any atom is 0.126 e. The Labute approximate surface area is 112 Å². The molecule has 0 spiro atoms. The lowest BCUT2D eigenvalue weighted by molar-refractivity contribution is 0.0866. The van der Waals surface area contributed by atoms with E-state index in [0.29, 0.717) is 6.61 Å². The molecule has 2 aliphatic rings. The van der Waals surface area contributed by atoms with Gasteiger partial charge in [0, 0.05) is 5.56 Å². The second kappa shape index (κ2) is 4.25. The maximum absolute atomic E-state index is 5.97. The summed E-state index contributed by atoms with van der Waals surface area (Å²) < 4.78 is 11.8. The molecule has 0 N–H and O–H groups in total. The molecule has 4 rings (SSSR count). The minimum Gasteiger partial charge on any atom is -0.488 e. The van der Waals surface area contributed by atoms with E-state index < -0.39 is 0 Å². The van der Waals surface area contributed by atoms with E-state index in [4.69, 9.17) is 9.47 Å². The molecular weight excluding hydrogens is 236 g/mol. The van der Waals surface area contributed by atoms with E-state index in [1.165, 1.54) is 16.7 Å². The lowest BCUT2D eigenvalue weighted by atomic mass is 9.96. The van der Waals surface area contributed by atoms with Crippen LogP contribution in [0, 0.1) is 0 Å². The van der Waals surface area contributed by atoms with Crippen molar-refractivity contribution in [2.45, 2.75) is 18.8 Å². The van der Waals surface area contributed by atoms with Crippen LogP contribution < -0.4 is 4.74 Å². The highest BCUT2D eigenvalue weighted by atomic mass is 16.5. The van der Waals surface area contributed by atoms with Crippen molar-refractivity contribution in [3.63, 3.8) is 0 Å². The summed E-state index contributed by atoms with van der Waals surface area (Å²) >= 11 is 0. The standard InChI is InChI=1S/C17H14O2/c1-2-5-12(6-3-1)11-18-15-8-4-7-13-14-9-10-16(19-14)17(13)15/h1-10,14,16H,11H2. The van der Waals surface area contributed by atoms with Crippen LogP contribution in [-0.4, -0.2) is 0 Å². The van der Waals surface area contributed by atoms with E-state index in [2.05, 4.69) is 30.4 Å². The number of hydrogen-bond acceptors (Lipinski definition) is 2. The molecule has 0 amide bonds. The average molecular weight is 250 g/mol. The van der Waals surface area contributed by atoms with Crippen molar-refractivity contribution in [1.29, 1.82) is 0 Å². The molecule has 2 heterocycles. The first-order valence-electron chi connectivity index (χ1n) is 6.55. The summed E-state index contributed by atoms with van der Waals surface area (Å²) in [6.07, 6.45) is 4.43. The SMILES string of the molecule is C1=CC2OC1c1cccc(OCc3ccccc3)c12. The topological polar surface area (TPSA) is 18.5 Å². The third kappa shape index (κ3) is 1.76. The Morgan fingerprint density at radius 3 is 2.63 bits per heavy atom. The molecule has 2 bridgehead atoms. The molecule has 0 aliphatic carbocycles. The Morgan fingerprint density at radius 1 is 0.895 bits per heavy atom. The second-order valence-corrected chi connectivity index (χ2v) is 4.90. The minimum atomic E-state index is 0.0759. The minimum absolute atomic E-state index is 0.0759. The summed E-state index contributed by atoms with van der Waals surface area (Å²) in [5.41, 5.74) is 3.63. The van der Waals surface area contributed by atoms with Crippen molar-refractivity contribution in [3.8, 4) is 5.75 Å². The van der Waals surface area contributed by atoms with Gasteiger partial charge in [0.2, 0.25) is 0 Å². The number of fused-ring (bicyclic) bond motifs is 5. The molecular formula is C17H14O2. The van der Waals surface area contributed by atoms with E-state index in [0.717, 1.165) is 5.75 Å². The lowest BCUT2D eigenvalue weighted by Gasteiger charge is -2.14. The van der Waals surface area contributed by atoms with Gasteiger partial charge in [-0.1, -0.05) is 54.6 Å². The van der Waals surface area contributed by atoms with Crippen molar-refractivity contribution < 1.29 is 9.47 Å². The van der Waals surface area contributed by atoms with Crippen molar-refractivity contribution in [1.82, 2.24) is 0 Å². The molecule has 2 atom stereocenters. The van der Waals surface area contributed by atoms with E-state index in [1.807, 2.05) is 30.3 Å². The van der Waals surface area contributed by atoms with Gasteiger partial charge >= 0.3 is 0 Å². The van der Waals surface area contributed by atoms with Crippen LogP contribution in [-0.2, 0) is 11.3 Å². The van der Waals surface area contributed by atoms with Gasteiger partial charge < -0.3 is 9.47 Å². The Bertz CT molecular complexity index is 631. The van der Waals surface area contributed by atoms with Crippen molar-refractivity contribution in [2.24, 2.45) is 0 Å². The fraction of sp³-hybridized carbons (Fsp3) is 0.176. The Kier molecular flexibility index (Phi) is 2.42. The zero-order chi connectivity index (χ0) is 12.7. The van der Waals surface area contributed by atoms with Crippen molar-refractivity contribution >= 4 is 0 Å². The Balaban J connectivity index is 1.61. The van der Waals surface area contributed by atoms with E-state index in [9.17, 15) is 0 Å². The first kappa shape index (κ1) is 10.8. The molecule has 0 saturated heterocycles. The second-order valence-electron chi connectivity index (χ2n) is 4.90. The fourth-order valence-corrected chi connectivity index (χ4v) is 2.77. The van der Waals surface area contributed by atoms with Crippen molar-refractivity contribution in [2.75, 3.05) is 0 Å². The third-order valence-electron chi connectivity index (χ3n) is 3.68. The molecule has 2 aromatic carbocycles. The van der Waals surface area contributed by atoms with E-state index in [1.54, 1.807) is 0 Å². The smallest absolute Gasteiger partial charge is 0.126 e.